The predicted octanol–water partition coefficient (Wildman–Crippen LogP) is 0.0723. The normalized spacial score (nSPS) is 9.00. The van der Waals surface area contributed by atoms with Crippen LogP contribution in [0.3, 0.4) is 0 Å². The molecule has 3 nitrogen and oxygen atoms in total. The molecule has 0 fully saturated rings. The van der Waals surface area contributed by atoms with Gasteiger partial charge in [-0.25, -0.2) is 0 Å². The molecule has 0 amide bonds. The highest BCUT2D eigenvalue weighted by molar-refractivity contribution is 5.35. The van der Waals surface area contributed by atoms with E-state index in [0.29, 0.717) is 0 Å². The van der Waals surface area contributed by atoms with Crippen molar-refractivity contribution >= 4 is 0 Å². The van der Waals surface area contributed by atoms with E-state index in [1.807, 2.05) is 14.0 Å². The fourth-order valence-electron chi connectivity index (χ4n) is 0.756. The maximum Gasteiger partial charge on any atom is 0.104 e. The Morgan fingerprint density at radius 2 is 2.45 bits per heavy atom. The molecule has 0 atom stereocenters. The van der Waals surface area contributed by atoms with Crippen LogP contribution in [0.2, 0.25) is 0 Å². The van der Waals surface area contributed by atoms with Gasteiger partial charge in [-0.3, -0.25) is 4.68 Å². The zero-order valence-corrected chi connectivity index (χ0v) is 6.63. The van der Waals surface area contributed by atoms with Crippen molar-refractivity contribution in [2.75, 3.05) is 6.61 Å². The molecule has 0 saturated carbocycles. The molecule has 11 heavy (non-hydrogen) atoms. The van der Waals surface area contributed by atoms with Crippen LogP contribution >= 0.6 is 0 Å². The van der Waals surface area contributed by atoms with Gasteiger partial charge in [0.15, 0.2) is 0 Å². The van der Waals surface area contributed by atoms with Crippen LogP contribution in [-0.2, 0) is 7.05 Å². The maximum absolute atomic E-state index is 8.42. The van der Waals surface area contributed by atoms with E-state index < -0.39 is 0 Å². The molecule has 0 unspecified atom stereocenters. The van der Waals surface area contributed by atoms with E-state index in [1.165, 1.54) is 0 Å². The largest absolute Gasteiger partial charge is 0.384 e. The average molecular weight is 150 g/mol. The van der Waals surface area contributed by atoms with Gasteiger partial charge >= 0.3 is 0 Å². The van der Waals surface area contributed by atoms with Gasteiger partial charge in [-0.1, -0.05) is 11.8 Å². The number of aliphatic hydroxyl groups is 1. The lowest BCUT2D eigenvalue weighted by atomic mass is 10.3. The molecule has 0 saturated heterocycles. The van der Waals surface area contributed by atoms with E-state index in [0.717, 1.165) is 11.3 Å². The third kappa shape index (κ3) is 1.60. The first-order valence-electron chi connectivity index (χ1n) is 3.34. The summed E-state index contributed by atoms with van der Waals surface area (Å²) in [6.07, 6.45) is 1.69. The van der Waals surface area contributed by atoms with Crippen LogP contribution in [-0.4, -0.2) is 21.5 Å². The van der Waals surface area contributed by atoms with Crippen molar-refractivity contribution in [2.24, 2.45) is 7.05 Å². The first-order chi connectivity index (χ1) is 5.25. The van der Waals surface area contributed by atoms with Crippen molar-refractivity contribution in [2.45, 2.75) is 6.92 Å². The standard InChI is InChI=1S/C8H10N2O/c1-7-8(4-3-5-11)6-9-10(7)2/h6,11H,5H2,1-2H3. The Morgan fingerprint density at radius 1 is 1.73 bits per heavy atom. The summed E-state index contributed by atoms with van der Waals surface area (Å²) in [6.45, 7) is 1.84. The van der Waals surface area contributed by atoms with Crippen LogP contribution in [0.15, 0.2) is 6.20 Å². The van der Waals surface area contributed by atoms with Crippen LogP contribution in [0.1, 0.15) is 11.3 Å². The van der Waals surface area contributed by atoms with Crippen molar-refractivity contribution in [3.8, 4) is 11.8 Å². The third-order valence-electron chi connectivity index (χ3n) is 1.54. The van der Waals surface area contributed by atoms with Gasteiger partial charge in [-0.2, -0.15) is 5.10 Å². The van der Waals surface area contributed by atoms with Crippen LogP contribution in [0.25, 0.3) is 0 Å². The van der Waals surface area contributed by atoms with Gasteiger partial charge in [0.2, 0.25) is 0 Å². The van der Waals surface area contributed by atoms with Gasteiger partial charge in [0, 0.05) is 7.05 Å². The van der Waals surface area contributed by atoms with Gasteiger partial charge in [-0.15, -0.1) is 0 Å². The topological polar surface area (TPSA) is 38.1 Å². The van der Waals surface area contributed by atoms with Crippen LogP contribution in [0, 0.1) is 18.8 Å². The second kappa shape index (κ2) is 3.22. The fraction of sp³-hybridized carbons (Fsp3) is 0.375. The molecule has 1 rings (SSSR count). The Balaban J connectivity index is 2.96. The van der Waals surface area contributed by atoms with Gasteiger partial charge in [0.25, 0.3) is 0 Å². The fourth-order valence-corrected chi connectivity index (χ4v) is 0.756. The Hall–Kier alpha value is -1.27. The smallest absolute Gasteiger partial charge is 0.104 e. The molecule has 0 aliphatic heterocycles. The molecule has 0 aliphatic rings. The van der Waals surface area contributed by atoms with Crippen LogP contribution in [0.4, 0.5) is 0 Å². The molecule has 0 spiro atoms. The van der Waals surface area contributed by atoms with E-state index in [1.54, 1.807) is 10.9 Å². The lowest BCUT2D eigenvalue weighted by molar-refractivity contribution is 0.350. The second-order valence-corrected chi connectivity index (χ2v) is 2.23. The first-order valence-corrected chi connectivity index (χ1v) is 3.34. The van der Waals surface area contributed by atoms with Crippen molar-refractivity contribution in [1.29, 1.82) is 0 Å². The summed E-state index contributed by atoms with van der Waals surface area (Å²) in [5, 5.41) is 12.4. The van der Waals surface area contributed by atoms with Crippen LogP contribution < -0.4 is 0 Å². The quantitative estimate of drug-likeness (QED) is 0.531. The van der Waals surface area contributed by atoms with E-state index in [9.17, 15) is 0 Å². The monoisotopic (exact) mass is 150 g/mol. The summed E-state index contributed by atoms with van der Waals surface area (Å²) in [6, 6.07) is 0. The Morgan fingerprint density at radius 3 is 2.91 bits per heavy atom. The minimum atomic E-state index is -0.103. The zero-order chi connectivity index (χ0) is 8.27. The highest BCUT2D eigenvalue weighted by Gasteiger charge is 1.97. The van der Waals surface area contributed by atoms with Crippen molar-refractivity contribution < 1.29 is 5.11 Å². The molecule has 1 N–H and O–H groups in total. The number of aliphatic hydroxyl groups excluding tert-OH is 1. The second-order valence-electron chi connectivity index (χ2n) is 2.23. The number of hydrogen-bond donors (Lipinski definition) is 1. The molecular weight excluding hydrogens is 140 g/mol. The summed E-state index contributed by atoms with van der Waals surface area (Å²) in [7, 11) is 1.86. The SMILES string of the molecule is Cc1c(C#CCO)cnn1C. The number of nitrogens with zero attached hydrogens (tertiary/aromatic N) is 2. The van der Waals surface area contributed by atoms with Gasteiger partial charge in [0.1, 0.15) is 6.61 Å². The zero-order valence-electron chi connectivity index (χ0n) is 6.63. The maximum atomic E-state index is 8.42. The highest BCUT2D eigenvalue weighted by Crippen LogP contribution is 2.02. The van der Waals surface area contributed by atoms with Gasteiger partial charge in [0.05, 0.1) is 17.5 Å². The Kier molecular flexibility index (Phi) is 2.29. The van der Waals surface area contributed by atoms with Crippen LogP contribution in [0.5, 0.6) is 0 Å². The molecule has 0 radical (unpaired) electrons. The summed E-state index contributed by atoms with van der Waals surface area (Å²) < 4.78 is 1.75. The number of hydrogen-bond acceptors (Lipinski definition) is 2. The molecule has 1 aromatic rings. The number of rotatable bonds is 0. The minimum Gasteiger partial charge on any atom is -0.384 e. The highest BCUT2D eigenvalue weighted by atomic mass is 16.2. The molecule has 1 heterocycles. The Bertz CT molecular complexity index is 304. The average Bonchev–Trinajstić information content (AvgIpc) is 2.31. The van der Waals surface area contributed by atoms with E-state index in [-0.39, 0.29) is 6.61 Å². The summed E-state index contributed by atoms with van der Waals surface area (Å²) in [4.78, 5) is 0. The molecule has 0 bridgehead atoms. The third-order valence-corrected chi connectivity index (χ3v) is 1.54. The molecule has 0 aromatic carbocycles. The predicted molar refractivity (Wildman–Crippen MR) is 41.9 cm³/mol. The first kappa shape index (κ1) is 7.83. The van der Waals surface area contributed by atoms with Crippen molar-refractivity contribution in [3.05, 3.63) is 17.5 Å². The van der Waals surface area contributed by atoms with Gasteiger partial charge < -0.3 is 5.11 Å². The summed E-state index contributed by atoms with van der Waals surface area (Å²) in [5.41, 5.74) is 1.90. The van der Waals surface area contributed by atoms with E-state index in [4.69, 9.17) is 5.11 Å². The van der Waals surface area contributed by atoms with Crippen molar-refractivity contribution in [3.63, 3.8) is 0 Å². The Labute approximate surface area is 65.7 Å². The van der Waals surface area contributed by atoms with Gasteiger partial charge in [-0.05, 0) is 6.92 Å². The molecule has 1 aromatic heterocycles. The number of aromatic nitrogens is 2. The van der Waals surface area contributed by atoms with Crippen molar-refractivity contribution in [1.82, 2.24) is 9.78 Å². The summed E-state index contributed by atoms with van der Waals surface area (Å²) >= 11 is 0. The van der Waals surface area contributed by atoms with E-state index >= 15 is 0 Å². The lowest BCUT2D eigenvalue weighted by Gasteiger charge is -1.90. The minimum absolute atomic E-state index is 0.103. The lowest BCUT2D eigenvalue weighted by Crippen LogP contribution is -1.92. The van der Waals surface area contributed by atoms with E-state index in [2.05, 4.69) is 16.9 Å². The molecule has 0 aliphatic carbocycles. The molecule has 3 heteroatoms. The molecule has 58 valence electrons. The number of aryl methyl sites for hydroxylation is 1. The summed E-state index contributed by atoms with van der Waals surface area (Å²) in [5.74, 6) is 5.37. The molecular formula is C8H10N2O.